The quantitative estimate of drug-likeness (QED) is 0.697. The number of fused-ring (bicyclic) bond motifs is 2. The van der Waals surface area contributed by atoms with Crippen LogP contribution in [0.3, 0.4) is 0 Å². The number of benzene rings is 1. The maximum absolute atomic E-state index is 12.5. The Morgan fingerprint density at radius 2 is 1.89 bits per heavy atom. The number of hydrogen-bond acceptors (Lipinski definition) is 5. The number of aryl methyl sites for hydroxylation is 1. The number of hydrogen-bond donors (Lipinski definition) is 0. The smallest absolute Gasteiger partial charge is 0.258 e. The molecule has 4 rings (SSSR count). The Labute approximate surface area is 164 Å². The molecule has 146 valence electrons. The van der Waals surface area contributed by atoms with Crippen molar-refractivity contribution in [2.24, 2.45) is 0 Å². The molecule has 28 heavy (non-hydrogen) atoms. The van der Waals surface area contributed by atoms with Gasteiger partial charge >= 0.3 is 0 Å². The number of pyridine rings is 1. The molecular weight excluding hydrogens is 354 g/mol. The minimum atomic E-state index is -0.0415. The molecule has 0 saturated heterocycles. The van der Waals surface area contributed by atoms with Crippen molar-refractivity contribution < 1.29 is 9.47 Å². The van der Waals surface area contributed by atoms with E-state index in [-0.39, 0.29) is 11.6 Å². The molecule has 1 aliphatic heterocycles. The highest BCUT2D eigenvalue weighted by Gasteiger charge is 2.26. The summed E-state index contributed by atoms with van der Waals surface area (Å²) < 4.78 is 12.5. The summed E-state index contributed by atoms with van der Waals surface area (Å²) in [6, 6.07) is 9.85. The van der Waals surface area contributed by atoms with Crippen LogP contribution in [-0.2, 0) is 13.0 Å². The first-order valence-corrected chi connectivity index (χ1v) is 9.48. The van der Waals surface area contributed by atoms with E-state index in [2.05, 4.69) is 24.0 Å². The number of methoxy groups -OCH3 is 2. The predicted octanol–water partition coefficient (Wildman–Crippen LogP) is 3.14. The molecule has 0 N–H and O–H groups in total. The van der Waals surface area contributed by atoms with E-state index in [0.29, 0.717) is 12.2 Å². The molecule has 3 heterocycles. The molecule has 0 bridgehead atoms. The van der Waals surface area contributed by atoms with E-state index in [1.54, 1.807) is 24.7 Å². The number of aromatic nitrogens is 2. The highest BCUT2D eigenvalue weighted by molar-refractivity contribution is 5.49. The molecule has 6 nitrogen and oxygen atoms in total. The van der Waals surface area contributed by atoms with E-state index in [0.717, 1.165) is 35.7 Å². The van der Waals surface area contributed by atoms with Gasteiger partial charge in [-0.05, 0) is 55.2 Å². The molecule has 1 aliphatic rings. The van der Waals surface area contributed by atoms with Gasteiger partial charge in [0.25, 0.3) is 5.56 Å². The van der Waals surface area contributed by atoms with Crippen molar-refractivity contribution in [3.8, 4) is 11.5 Å². The zero-order valence-electron chi connectivity index (χ0n) is 16.7. The molecule has 0 fully saturated rings. The van der Waals surface area contributed by atoms with Gasteiger partial charge in [0, 0.05) is 31.4 Å². The van der Waals surface area contributed by atoms with Gasteiger partial charge < -0.3 is 9.47 Å². The fourth-order valence-electron chi connectivity index (χ4n) is 3.96. The predicted molar refractivity (Wildman–Crippen MR) is 108 cm³/mol. The molecule has 0 saturated carbocycles. The Kier molecular flexibility index (Phi) is 4.81. The van der Waals surface area contributed by atoms with Gasteiger partial charge in [0.2, 0.25) is 0 Å². The largest absolute Gasteiger partial charge is 0.493 e. The van der Waals surface area contributed by atoms with Gasteiger partial charge in [-0.2, -0.15) is 0 Å². The molecule has 2 aromatic heterocycles. The molecule has 1 aromatic carbocycles. The van der Waals surface area contributed by atoms with E-state index >= 15 is 0 Å². The van der Waals surface area contributed by atoms with Crippen LogP contribution in [0.2, 0.25) is 0 Å². The van der Waals surface area contributed by atoms with Crippen LogP contribution in [0.5, 0.6) is 11.5 Å². The normalized spacial score (nSPS) is 16.8. The van der Waals surface area contributed by atoms with Crippen molar-refractivity contribution >= 4 is 5.65 Å². The first-order valence-electron chi connectivity index (χ1n) is 9.48. The lowest BCUT2D eigenvalue weighted by Crippen LogP contribution is -2.34. The zero-order chi connectivity index (χ0) is 19.8. The van der Waals surface area contributed by atoms with E-state index in [9.17, 15) is 4.79 Å². The van der Waals surface area contributed by atoms with Crippen LogP contribution in [0.25, 0.3) is 5.65 Å². The lowest BCUT2D eigenvalue weighted by molar-refractivity contribution is 0.186. The van der Waals surface area contributed by atoms with Gasteiger partial charge in [0.15, 0.2) is 11.5 Å². The highest BCUT2D eigenvalue weighted by Crippen LogP contribution is 2.38. The second-order valence-corrected chi connectivity index (χ2v) is 7.32. The Morgan fingerprint density at radius 1 is 1.14 bits per heavy atom. The van der Waals surface area contributed by atoms with Gasteiger partial charge in [-0.15, -0.1) is 0 Å². The summed E-state index contributed by atoms with van der Waals surface area (Å²) in [6.07, 6.45) is 2.75. The number of rotatable bonds is 4. The van der Waals surface area contributed by atoms with Crippen LogP contribution in [0.4, 0.5) is 0 Å². The fourth-order valence-corrected chi connectivity index (χ4v) is 3.96. The number of nitrogens with zero attached hydrogens (tertiary/aromatic N) is 3. The van der Waals surface area contributed by atoms with Crippen molar-refractivity contribution in [3.05, 3.63) is 69.3 Å². The molecule has 0 amide bonds. The topological polar surface area (TPSA) is 56.1 Å². The van der Waals surface area contributed by atoms with Gasteiger partial charge in [0.05, 0.1) is 19.9 Å². The van der Waals surface area contributed by atoms with Crippen molar-refractivity contribution in [1.82, 2.24) is 14.3 Å². The van der Waals surface area contributed by atoms with Crippen LogP contribution in [0.1, 0.15) is 35.3 Å². The van der Waals surface area contributed by atoms with Crippen molar-refractivity contribution in [3.63, 3.8) is 0 Å². The summed E-state index contributed by atoms with van der Waals surface area (Å²) in [5.41, 5.74) is 4.99. The van der Waals surface area contributed by atoms with Crippen LogP contribution in [0, 0.1) is 6.92 Å². The lowest BCUT2D eigenvalue weighted by Gasteiger charge is -2.35. The SMILES string of the molecule is COc1cc2c(cc1OC)[C@H](C)N(Cc1cc(=O)n3cc(C)ccc3n1)CC2. The van der Waals surface area contributed by atoms with Gasteiger partial charge in [-0.25, -0.2) is 4.98 Å². The van der Waals surface area contributed by atoms with E-state index in [4.69, 9.17) is 14.5 Å². The van der Waals surface area contributed by atoms with Gasteiger partial charge in [-0.3, -0.25) is 14.1 Å². The summed E-state index contributed by atoms with van der Waals surface area (Å²) in [7, 11) is 3.32. The highest BCUT2D eigenvalue weighted by atomic mass is 16.5. The van der Waals surface area contributed by atoms with Crippen molar-refractivity contribution in [2.45, 2.75) is 32.9 Å². The molecule has 0 unspecified atom stereocenters. The Morgan fingerprint density at radius 3 is 2.64 bits per heavy atom. The van der Waals surface area contributed by atoms with Crippen molar-refractivity contribution in [2.75, 3.05) is 20.8 Å². The molecule has 6 heteroatoms. The molecule has 0 radical (unpaired) electrons. The zero-order valence-corrected chi connectivity index (χ0v) is 16.7. The maximum atomic E-state index is 12.5. The summed E-state index contributed by atoms with van der Waals surface area (Å²) in [5.74, 6) is 1.51. The summed E-state index contributed by atoms with van der Waals surface area (Å²) in [4.78, 5) is 19.5. The number of ether oxygens (including phenoxy) is 2. The lowest BCUT2D eigenvalue weighted by atomic mass is 9.92. The van der Waals surface area contributed by atoms with Gasteiger partial charge in [0.1, 0.15) is 5.65 Å². The van der Waals surface area contributed by atoms with E-state index in [1.165, 1.54) is 11.1 Å². The van der Waals surface area contributed by atoms with Crippen LogP contribution in [-0.4, -0.2) is 35.0 Å². The Bertz CT molecular complexity index is 1090. The summed E-state index contributed by atoms with van der Waals surface area (Å²) in [6.45, 7) is 5.68. The second kappa shape index (κ2) is 7.28. The minimum Gasteiger partial charge on any atom is -0.493 e. The summed E-state index contributed by atoms with van der Waals surface area (Å²) in [5, 5.41) is 0. The molecule has 1 atom stereocenters. The first-order chi connectivity index (χ1) is 13.5. The van der Waals surface area contributed by atoms with E-state index in [1.807, 2.05) is 25.3 Å². The maximum Gasteiger partial charge on any atom is 0.258 e. The minimum absolute atomic E-state index is 0.0415. The third-order valence-corrected chi connectivity index (χ3v) is 5.54. The molecule has 0 spiro atoms. The molecule has 3 aromatic rings. The fraction of sp³-hybridized carbons (Fsp3) is 0.364. The monoisotopic (exact) mass is 379 g/mol. The average molecular weight is 379 g/mol. The van der Waals surface area contributed by atoms with Gasteiger partial charge in [-0.1, -0.05) is 6.07 Å². The Balaban J connectivity index is 1.64. The van der Waals surface area contributed by atoms with Crippen LogP contribution >= 0.6 is 0 Å². The van der Waals surface area contributed by atoms with Crippen LogP contribution in [0.15, 0.2) is 41.3 Å². The third-order valence-electron chi connectivity index (χ3n) is 5.54. The van der Waals surface area contributed by atoms with E-state index < -0.39 is 0 Å². The first kappa shape index (κ1) is 18.5. The van der Waals surface area contributed by atoms with Crippen LogP contribution < -0.4 is 15.0 Å². The second-order valence-electron chi connectivity index (χ2n) is 7.32. The summed E-state index contributed by atoms with van der Waals surface area (Å²) >= 11 is 0. The molecular formula is C22H25N3O3. The Hall–Kier alpha value is -2.86. The van der Waals surface area contributed by atoms with Crippen molar-refractivity contribution in [1.29, 1.82) is 0 Å². The third kappa shape index (κ3) is 3.24. The molecule has 0 aliphatic carbocycles. The standard InChI is InChI=1S/C22H25N3O3/c1-14-5-6-21-23-17(10-22(26)25(21)12-14)13-24-8-7-16-9-19(27-3)20(28-4)11-18(16)15(24)2/h5-6,9-12,15H,7-8,13H2,1-4H3/t15-/m0/s1. The average Bonchev–Trinajstić information content (AvgIpc) is 2.70.